The summed E-state index contributed by atoms with van der Waals surface area (Å²) in [6.45, 7) is 12.8. The molecule has 0 spiro atoms. The van der Waals surface area contributed by atoms with Crippen molar-refractivity contribution in [3.63, 3.8) is 0 Å². The second-order valence-electron chi connectivity index (χ2n) is 7.41. The normalized spacial score (nSPS) is 21.6. The summed E-state index contributed by atoms with van der Waals surface area (Å²) in [5.74, 6) is 0. The Kier molecular flexibility index (Phi) is 5.30. The van der Waals surface area contributed by atoms with Gasteiger partial charge in [-0.2, -0.15) is 0 Å². The molecule has 0 N–H and O–H groups in total. The fraction of sp³-hybridized carbons (Fsp3) is 0.667. The van der Waals surface area contributed by atoms with Gasteiger partial charge in [-0.1, -0.05) is 0 Å². The number of amides is 1. The zero-order valence-electron chi connectivity index (χ0n) is 15.0. The number of pyridine rings is 1. The predicted molar refractivity (Wildman–Crippen MR) is 89.3 cm³/mol. The quantitative estimate of drug-likeness (QED) is 0.853. The minimum absolute atomic E-state index is 0.0475. The van der Waals surface area contributed by atoms with Gasteiger partial charge in [0.15, 0.2) is 0 Å². The Morgan fingerprint density at radius 2 is 1.91 bits per heavy atom. The van der Waals surface area contributed by atoms with Crippen molar-refractivity contribution in [3.8, 4) is 0 Å². The van der Waals surface area contributed by atoms with E-state index in [4.69, 9.17) is 9.47 Å². The second kappa shape index (κ2) is 6.87. The standard InChI is InChI=1S/C18H28N2O3/c1-12-7-15(8-13(2)19-12)11-22-16-9-14(3)20(10-16)17(21)23-18(4,5)6/h7-8,14,16H,9-11H2,1-6H3/t14-,16+/m0/s1. The number of rotatable bonds is 3. The lowest BCUT2D eigenvalue weighted by molar-refractivity contribution is 0.0156. The van der Waals surface area contributed by atoms with Crippen molar-refractivity contribution < 1.29 is 14.3 Å². The zero-order valence-corrected chi connectivity index (χ0v) is 15.0. The molecule has 0 bridgehead atoms. The average Bonchev–Trinajstić information content (AvgIpc) is 2.75. The minimum atomic E-state index is -0.470. The van der Waals surface area contributed by atoms with Crippen LogP contribution in [0.3, 0.4) is 0 Å². The third-order valence-electron chi connectivity index (χ3n) is 3.79. The molecular weight excluding hydrogens is 292 g/mol. The Morgan fingerprint density at radius 1 is 1.30 bits per heavy atom. The van der Waals surface area contributed by atoms with Gasteiger partial charge in [-0.25, -0.2) is 4.79 Å². The van der Waals surface area contributed by atoms with E-state index in [9.17, 15) is 4.79 Å². The highest BCUT2D eigenvalue weighted by molar-refractivity contribution is 5.69. The summed E-state index contributed by atoms with van der Waals surface area (Å²) in [5.41, 5.74) is 2.65. The molecule has 128 valence electrons. The van der Waals surface area contributed by atoms with Crippen molar-refractivity contribution in [2.75, 3.05) is 6.54 Å². The van der Waals surface area contributed by atoms with Crippen molar-refractivity contribution in [3.05, 3.63) is 29.1 Å². The molecule has 0 radical (unpaired) electrons. The summed E-state index contributed by atoms with van der Waals surface area (Å²) in [5, 5.41) is 0. The highest BCUT2D eigenvalue weighted by atomic mass is 16.6. The highest BCUT2D eigenvalue weighted by Crippen LogP contribution is 2.23. The van der Waals surface area contributed by atoms with Crippen molar-refractivity contribution in [1.29, 1.82) is 0 Å². The van der Waals surface area contributed by atoms with E-state index in [0.29, 0.717) is 13.2 Å². The van der Waals surface area contributed by atoms with Gasteiger partial charge in [0, 0.05) is 17.4 Å². The number of aryl methyl sites for hydroxylation is 2. The number of hydrogen-bond donors (Lipinski definition) is 0. The Bertz CT molecular complexity index is 546. The summed E-state index contributed by atoms with van der Waals surface area (Å²) in [7, 11) is 0. The van der Waals surface area contributed by atoms with E-state index in [2.05, 4.69) is 4.98 Å². The molecule has 0 aliphatic carbocycles. The van der Waals surface area contributed by atoms with Crippen LogP contribution in [0.1, 0.15) is 51.1 Å². The monoisotopic (exact) mass is 320 g/mol. The molecule has 1 fully saturated rings. The van der Waals surface area contributed by atoms with Gasteiger partial charge in [-0.05, 0) is 65.7 Å². The number of ether oxygens (including phenoxy) is 2. The van der Waals surface area contributed by atoms with Crippen LogP contribution < -0.4 is 0 Å². The van der Waals surface area contributed by atoms with Crippen LogP contribution in [0.15, 0.2) is 12.1 Å². The van der Waals surface area contributed by atoms with E-state index in [1.54, 1.807) is 4.90 Å². The minimum Gasteiger partial charge on any atom is -0.444 e. The number of aromatic nitrogens is 1. The maximum Gasteiger partial charge on any atom is 0.410 e. The van der Waals surface area contributed by atoms with Crippen LogP contribution in [0.25, 0.3) is 0 Å². The number of hydrogen-bond acceptors (Lipinski definition) is 4. The van der Waals surface area contributed by atoms with E-state index in [1.807, 2.05) is 53.7 Å². The Morgan fingerprint density at radius 3 is 2.48 bits per heavy atom. The van der Waals surface area contributed by atoms with Crippen molar-refractivity contribution in [2.45, 2.75) is 72.3 Å². The van der Waals surface area contributed by atoms with Crippen molar-refractivity contribution in [1.82, 2.24) is 9.88 Å². The van der Waals surface area contributed by atoms with Crippen LogP contribution in [0.2, 0.25) is 0 Å². The van der Waals surface area contributed by atoms with Gasteiger partial charge in [0.25, 0.3) is 0 Å². The van der Waals surface area contributed by atoms with Crippen molar-refractivity contribution >= 4 is 6.09 Å². The van der Waals surface area contributed by atoms with Crippen LogP contribution in [0.5, 0.6) is 0 Å². The number of carbonyl (C=O) groups is 1. The largest absolute Gasteiger partial charge is 0.444 e. The first-order chi connectivity index (χ1) is 10.6. The maximum absolute atomic E-state index is 12.2. The molecule has 2 heterocycles. The fourth-order valence-electron chi connectivity index (χ4n) is 2.90. The first-order valence-electron chi connectivity index (χ1n) is 8.19. The summed E-state index contributed by atoms with van der Waals surface area (Å²) in [6, 6.07) is 4.21. The molecular formula is C18H28N2O3. The summed E-state index contributed by atoms with van der Waals surface area (Å²) in [4.78, 5) is 18.4. The molecule has 0 saturated carbocycles. The molecule has 0 unspecified atom stereocenters. The predicted octanol–water partition coefficient (Wildman–Crippen LogP) is 3.61. The Hall–Kier alpha value is -1.62. The lowest BCUT2D eigenvalue weighted by Crippen LogP contribution is -2.39. The van der Waals surface area contributed by atoms with Crippen LogP contribution in [0, 0.1) is 13.8 Å². The summed E-state index contributed by atoms with van der Waals surface area (Å²) in [6.07, 6.45) is 0.625. The van der Waals surface area contributed by atoms with Gasteiger partial charge >= 0.3 is 6.09 Å². The third-order valence-corrected chi connectivity index (χ3v) is 3.79. The van der Waals surface area contributed by atoms with Gasteiger partial charge in [0.05, 0.1) is 19.3 Å². The molecule has 2 atom stereocenters. The van der Waals surface area contributed by atoms with E-state index in [-0.39, 0.29) is 18.2 Å². The molecule has 1 aliphatic rings. The fourth-order valence-corrected chi connectivity index (χ4v) is 2.90. The molecule has 1 aromatic heterocycles. The molecule has 5 nitrogen and oxygen atoms in total. The smallest absolute Gasteiger partial charge is 0.410 e. The van der Waals surface area contributed by atoms with Gasteiger partial charge in [-0.3, -0.25) is 4.98 Å². The molecule has 0 aromatic carbocycles. The van der Waals surface area contributed by atoms with E-state index < -0.39 is 5.60 Å². The first-order valence-corrected chi connectivity index (χ1v) is 8.19. The average molecular weight is 320 g/mol. The number of nitrogens with zero attached hydrogens (tertiary/aromatic N) is 2. The van der Waals surface area contributed by atoms with Gasteiger partial charge < -0.3 is 14.4 Å². The molecule has 1 aromatic rings. The van der Waals surface area contributed by atoms with Gasteiger partial charge in [0.1, 0.15) is 5.60 Å². The van der Waals surface area contributed by atoms with Crippen LogP contribution in [0.4, 0.5) is 4.79 Å². The zero-order chi connectivity index (χ0) is 17.2. The molecule has 23 heavy (non-hydrogen) atoms. The molecule has 2 rings (SSSR count). The Labute approximate surface area is 139 Å². The van der Waals surface area contributed by atoms with E-state index >= 15 is 0 Å². The second-order valence-corrected chi connectivity index (χ2v) is 7.41. The molecule has 1 amide bonds. The van der Waals surface area contributed by atoms with E-state index in [0.717, 1.165) is 23.4 Å². The van der Waals surface area contributed by atoms with Crippen LogP contribution in [-0.2, 0) is 16.1 Å². The van der Waals surface area contributed by atoms with E-state index in [1.165, 1.54) is 0 Å². The SMILES string of the molecule is Cc1cc(CO[C@@H]2C[C@H](C)N(C(=O)OC(C)(C)C)C2)cc(C)n1. The first kappa shape index (κ1) is 17.7. The number of carbonyl (C=O) groups excluding carboxylic acids is 1. The van der Waals surface area contributed by atoms with Crippen molar-refractivity contribution in [2.24, 2.45) is 0 Å². The topological polar surface area (TPSA) is 51.7 Å². The maximum atomic E-state index is 12.2. The lowest BCUT2D eigenvalue weighted by atomic mass is 10.2. The molecule has 1 saturated heterocycles. The van der Waals surface area contributed by atoms with Crippen LogP contribution >= 0.6 is 0 Å². The third kappa shape index (κ3) is 5.20. The van der Waals surface area contributed by atoms with Gasteiger partial charge in [-0.15, -0.1) is 0 Å². The Balaban J connectivity index is 1.90. The summed E-state index contributed by atoms with van der Waals surface area (Å²) < 4.78 is 11.5. The lowest BCUT2D eigenvalue weighted by Gasteiger charge is -2.26. The number of likely N-dealkylation sites (tertiary alicyclic amines) is 1. The molecule has 5 heteroatoms. The highest BCUT2D eigenvalue weighted by Gasteiger charge is 2.35. The van der Waals surface area contributed by atoms with Crippen LogP contribution in [-0.4, -0.2) is 40.3 Å². The van der Waals surface area contributed by atoms with Gasteiger partial charge in [0.2, 0.25) is 0 Å². The molecule has 1 aliphatic heterocycles. The summed E-state index contributed by atoms with van der Waals surface area (Å²) >= 11 is 0.